The number of halogens is 1. The average Bonchev–Trinajstić information content (AvgIpc) is 3.32. The predicted molar refractivity (Wildman–Crippen MR) is 85.2 cm³/mol. The molecule has 1 N–H and O–H groups in total. The minimum atomic E-state index is -0.560. The van der Waals surface area contributed by atoms with E-state index in [9.17, 15) is 9.18 Å². The zero-order valence-electron chi connectivity index (χ0n) is 14.0. The molecule has 1 saturated heterocycles. The molecule has 1 saturated carbocycles. The minimum Gasteiger partial charge on any atom is -0.377 e. The van der Waals surface area contributed by atoms with Crippen LogP contribution in [0.4, 0.5) is 4.39 Å². The fraction of sp³-hybridized carbons (Fsp3) is 0.824. The first-order valence-electron chi connectivity index (χ1n) is 8.48. The fourth-order valence-electron chi connectivity index (χ4n) is 2.84. The van der Waals surface area contributed by atoms with Crippen molar-refractivity contribution in [2.45, 2.75) is 58.6 Å². The number of carbonyl (C=O) groups is 1. The zero-order valence-corrected chi connectivity index (χ0v) is 14.0. The third-order valence-corrected chi connectivity index (χ3v) is 4.52. The SMILES string of the molecule is C/C(=C(/F)C(=O)NC1CCN(CCOC(C)C)CC1)C1CC1. The Kier molecular flexibility index (Phi) is 6.38. The van der Waals surface area contributed by atoms with E-state index in [0.29, 0.717) is 11.5 Å². The Bertz CT molecular complexity index is 411. The van der Waals surface area contributed by atoms with Crippen LogP contribution in [0.25, 0.3) is 0 Å². The summed E-state index contributed by atoms with van der Waals surface area (Å²) < 4.78 is 19.6. The molecule has 5 heteroatoms. The fourth-order valence-corrected chi connectivity index (χ4v) is 2.84. The molecule has 1 aliphatic heterocycles. The van der Waals surface area contributed by atoms with Crippen molar-refractivity contribution >= 4 is 5.91 Å². The third kappa shape index (κ3) is 5.36. The summed E-state index contributed by atoms with van der Waals surface area (Å²) in [5, 5.41) is 2.85. The lowest BCUT2D eigenvalue weighted by molar-refractivity contribution is -0.120. The van der Waals surface area contributed by atoms with Crippen molar-refractivity contribution in [3.05, 3.63) is 11.4 Å². The standard InChI is InChI=1S/C17H29FN2O2/c1-12(2)22-11-10-20-8-6-15(7-9-20)19-17(21)16(18)13(3)14-4-5-14/h12,14-15H,4-11H2,1-3H3,(H,19,21)/b16-13-. The highest BCUT2D eigenvalue weighted by Crippen LogP contribution is 2.37. The molecule has 1 aliphatic carbocycles. The number of hydrogen-bond donors (Lipinski definition) is 1. The van der Waals surface area contributed by atoms with E-state index in [1.807, 2.05) is 13.8 Å². The van der Waals surface area contributed by atoms with E-state index >= 15 is 0 Å². The van der Waals surface area contributed by atoms with Gasteiger partial charge in [-0.15, -0.1) is 0 Å². The Morgan fingerprint density at radius 1 is 1.27 bits per heavy atom. The van der Waals surface area contributed by atoms with Gasteiger partial charge in [0.1, 0.15) is 0 Å². The van der Waals surface area contributed by atoms with E-state index in [4.69, 9.17) is 4.74 Å². The van der Waals surface area contributed by atoms with Crippen LogP contribution in [0.15, 0.2) is 11.4 Å². The van der Waals surface area contributed by atoms with Crippen LogP contribution in [-0.2, 0) is 9.53 Å². The van der Waals surface area contributed by atoms with E-state index in [0.717, 1.165) is 51.9 Å². The average molecular weight is 312 g/mol. The molecule has 22 heavy (non-hydrogen) atoms. The predicted octanol–water partition coefficient (Wildman–Crippen LogP) is 2.65. The normalized spacial score (nSPS) is 21.9. The number of carbonyl (C=O) groups excluding carboxylic acids is 1. The molecule has 2 aliphatic rings. The van der Waals surface area contributed by atoms with Gasteiger partial charge in [-0.2, -0.15) is 0 Å². The molecular weight excluding hydrogens is 283 g/mol. The van der Waals surface area contributed by atoms with Crippen molar-refractivity contribution in [1.29, 1.82) is 0 Å². The summed E-state index contributed by atoms with van der Waals surface area (Å²) in [6, 6.07) is 0.0903. The molecule has 0 bridgehead atoms. The van der Waals surface area contributed by atoms with Gasteiger partial charge in [-0.25, -0.2) is 4.39 Å². The number of amides is 1. The summed E-state index contributed by atoms with van der Waals surface area (Å²) in [6.07, 6.45) is 4.06. The molecule has 0 aromatic rings. The van der Waals surface area contributed by atoms with Crippen molar-refractivity contribution in [1.82, 2.24) is 10.2 Å². The van der Waals surface area contributed by atoms with Crippen LogP contribution in [-0.4, -0.2) is 49.2 Å². The second-order valence-electron chi connectivity index (χ2n) is 6.78. The maximum Gasteiger partial charge on any atom is 0.280 e. The molecule has 4 nitrogen and oxygen atoms in total. The Morgan fingerprint density at radius 3 is 2.45 bits per heavy atom. The van der Waals surface area contributed by atoms with Crippen LogP contribution < -0.4 is 5.32 Å². The van der Waals surface area contributed by atoms with Crippen molar-refractivity contribution in [3.63, 3.8) is 0 Å². The van der Waals surface area contributed by atoms with Crippen molar-refractivity contribution < 1.29 is 13.9 Å². The van der Waals surface area contributed by atoms with Crippen LogP contribution in [0.3, 0.4) is 0 Å². The largest absolute Gasteiger partial charge is 0.377 e. The minimum absolute atomic E-state index is 0.0903. The van der Waals surface area contributed by atoms with Crippen LogP contribution in [0.5, 0.6) is 0 Å². The van der Waals surface area contributed by atoms with Crippen molar-refractivity contribution in [2.75, 3.05) is 26.2 Å². The van der Waals surface area contributed by atoms with E-state index in [2.05, 4.69) is 10.2 Å². The molecule has 0 unspecified atom stereocenters. The molecule has 1 heterocycles. The van der Waals surface area contributed by atoms with Crippen molar-refractivity contribution in [2.24, 2.45) is 5.92 Å². The number of allylic oxidation sites excluding steroid dienone is 1. The van der Waals surface area contributed by atoms with Gasteiger partial charge in [-0.3, -0.25) is 4.79 Å². The van der Waals surface area contributed by atoms with Crippen LogP contribution in [0.1, 0.15) is 46.5 Å². The van der Waals surface area contributed by atoms with E-state index in [-0.39, 0.29) is 12.1 Å². The number of rotatable bonds is 7. The summed E-state index contributed by atoms with van der Waals surface area (Å²) in [5.74, 6) is -0.783. The molecule has 2 fully saturated rings. The Morgan fingerprint density at radius 2 is 1.91 bits per heavy atom. The van der Waals surface area contributed by atoms with Gasteiger partial charge in [-0.05, 0) is 57.9 Å². The van der Waals surface area contributed by atoms with Gasteiger partial charge in [0.15, 0.2) is 5.83 Å². The highest BCUT2D eigenvalue weighted by molar-refractivity contribution is 5.92. The highest BCUT2D eigenvalue weighted by atomic mass is 19.1. The molecule has 126 valence electrons. The summed E-state index contributed by atoms with van der Waals surface area (Å²) in [7, 11) is 0. The summed E-state index contributed by atoms with van der Waals surface area (Å²) >= 11 is 0. The summed E-state index contributed by atoms with van der Waals surface area (Å²) in [4.78, 5) is 14.3. The molecular formula is C17H29FN2O2. The lowest BCUT2D eigenvalue weighted by Gasteiger charge is -2.32. The van der Waals surface area contributed by atoms with Gasteiger partial charge < -0.3 is 15.0 Å². The molecule has 0 spiro atoms. The van der Waals surface area contributed by atoms with E-state index in [1.54, 1.807) is 6.92 Å². The zero-order chi connectivity index (χ0) is 16.1. The molecule has 0 radical (unpaired) electrons. The van der Waals surface area contributed by atoms with E-state index < -0.39 is 11.7 Å². The Hall–Kier alpha value is -0.940. The van der Waals surface area contributed by atoms with Gasteiger partial charge >= 0.3 is 0 Å². The molecule has 0 aromatic heterocycles. The number of ether oxygens (including phenoxy) is 1. The first-order chi connectivity index (χ1) is 10.5. The smallest absolute Gasteiger partial charge is 0.280 e. The first-order valence-corrected chi connectivity index (χ1v) is 8.48. The maximum absolute atomic E-state index is 14.0. The van der Waals surface area contributed by atoms with Gasteiger partial charge in [0.05, 0.1) is 12.7 Å². The van der Waals surface area contributed by atoms with Gasteiger partial charge in [0, 0.05) is 25.7 Å². The van der Waals surface area contributed by atoms with Crippen LogP contribution in [0.2, 0.25) is 0 Å². The van der Waals surface area contributed by atoms with Crippen LogP contribution in [0, 0.1) is 5.92 Å². The van der Waals surface area contributed by atoms with Gasteiger partial charge in [-0.1, -0.05) is 0 Å². The second-order valence-corrected chi connectivity index (χ2v) is 6.78. The number of likely N-dealkylation sites (tertiary alicyclic amines) is 1. The number of nitrogens with zero attached hydrogens (tertiary/aromatic N) is 1. The third-order valence-electron chi connectivity index (χ3n) is 4.52. The number of hydrogen-bond acceptors (Lipinski definition) is 3. The summed E-state index contributed by atoms with van der Waals surface area (Å²) in [6.45, 7) is 9.34. The number of piperidine rings is 1. The molecule has 0 aromatic carbocycles. The topological polar surface area (TPSA) is 41.6 Å². The van der Waals surface area contributed by atoms with Crippen molar-refractivity contribution in [3.8, 4) is 0 Å². The molecule has 1 amide bonds. The Labute approximate surface area is 133 Å². The molecule has 2 rings (SSSR count). The Balaban J connectivity index is 1.68. The van der Waals surface area contributed by atoms with Crippen LogP contribution >= 0.6 is 0 Å². The highest BCUT2D eigenvalue weighted by Gasteiger charge is 2.29. The number of nitrogens with one attached hydrogen (secondary N) is 1. The lowest BCUT2D eigenvalue weighted by Crippen LogP contribution is -2.45. The maximum atomic E-state index is 14.0. The lowest BCUT2D eigenvalue weighted by atomic mass is 10.0. The van der Waals surface area contributed by atoms with Gasteiger partial charge in [0.25, 0.3) is 5.91 Å². The first kappa shape index (κ1) is 17.4. The van der Waals surface area contributed by atoms with Gasteiger partial charge in [0.2, 0.25) is 0 Å². The quantitative estimate of drug-likeness (QED) is 0.735. The molecule has 0 atom stereocenters. The monoisotopic (exact) mass is 312 g/mol. The summed E-state index contributed by atoms with van der Waals surface area (Å²) in [5.41, 5.74) is 0.626. The van der Waals surface area contributed by atoms with E-state index in [1.165, 1.54) is 0 Å². The second kappa shape index (κ2) is 8.06.